The molecule has 11 heteroatoms. The van der Waals surface area contributed by atoms with Crippen molar-refractivity contribution < 1.29 is 29.1 Å². The van der Waals surface area contributed by atoms with Crippen molar-refractivity contribution in [3.8, 4) is 0 Å². The van der Waals surface area contributed by atoms with Crippen LogP contribution in [0.25, 0.3) is 0 Å². The molecule has 1 saturated heterocycles. The maximum absolute atomic E-state index is 11.9. The van der Waals surface area contributed by atoms with Gasteiger partial charge in [0.15, 0.2) is 0 Å². The standard InChI is InChI=1S/C14H23N5O6/c1-7(12(22)19-9(14(24)25)5-10(15)20)18-11(21)6-17-13(23)8-3-2-4-16-8/h7-9,16H,2-6H2,1H3,(H2,15,20)(H,17,23)(H,18,21)(H,19,22)(H,24,25). The highest BCUT2D eigenvalue weighted by molar-refractivity contribution is 5.93. The molecule has 0 bridgehead atoms. The first kappa shape index (κ1) is 20.4. The van der Waals surface area contributed by atoms with Gasteiger partial charge in [-0.05, 0) is 26.3 Å². The molecule has 0 spiro atoms. The number of aliphatic carboxylic acids is 1. The average Bonchev–Trinajstić information content (AvgIpc) is 3.05. The van der Waals surface area contributed by atoms with Gasteiger partial charge in [0, 0.05) is 0 Å². The van der Waals surface area contributed by atoms with E-state index in [2.05, 4.69) is 21.3 Å². The third kappa shape index (κ3) is 7.16. The first-order valence-corrected chi connectivity index (χ1v) is 7.82. The molecule has 7 N–H and O–H groups in total. The molecule has 1 aliphatic rings. The first-order valence-electron chi connectivity index (χ1n) is 7.82. The van der Waals surface area contributed by atoms with Crippen molar-refractivity contribution in [3.05, 3.63) is 0 Å². The molecule has 3 unspecified atom stereocenters. The van der Waals surface area contributed by atoms with Crippen LogP contribution in [0.4, 0.5) is 0 Å². The van der Waals surface area contributed by atoms with Gasteiger partial charge in [-0.2, -0.15) is 0 Å². The highest BCUT2D eigenvalue weighted by Crippen LogP contribution is 2.04. The van der Waals surface area contributed by atoms with Gasteiger partial charge in [0.25, 0.3) is 0 Å². The van der Waals surface area contributed by atoms with Crippen LogP contribution in [0.15, 0.2) is 0 Å². The highest BCUT2D eigenvalue weighted by atomic mass is 16.4. The van der Waals surface area contributed by atoms with E-state index < -0.39 is 42.2 Å². The van der Waals surface area contributed by atoms with Crippen LogP contribution in [0.2, 0.25) is 0 Å². The minimum absolute atomic E-state index is 0.294. The molecule has 25 heavy (non-hydrogen) atoms. The second-order valence-electron chi connectivity index (χ2n) is 5.73. The van der Waals surface area contributed by atoms with Crippen molar-refractivity contribution >= 4 is 29.6 Å². The summed E-state index contributed by atoms with van der Waals surface area (Å²) in [5.74, 6) is -3.98. The number of amides is 4. The molecule has 11 nitrogen and oxygen atoms in total. The Balaban J connectivity index is 2.39. The van der Waals surface area contributed by atoms with Crippen LogP contribution in [0.3, 0.4) is 0 Å². The summed E-state index contributed by atoms with van der Waals surface area (Å²) in [6.45, 7) is 1.78. The molecule has 0 aliphatic carbocycles. The summed E-state index contributed by atoms with van der Waals surface area (Å²) in [6, 6.07) is -2.85. The van der Waals surface area contributed by atoms with Crippen LogP contribution in [0.1, 0.15) is 26.2 Å². The lowest BCUT2D eigenvalue weighted by Crippen LogP contribution is -2.53. The third-order valence-corrected chi connectivity index (χ3v) is 3.59. The van der Waals surface area contributed by atoms with Crippen LogP contribution in [-0.2, 0) is 24.0 Å². The molecule has 140 valence electrons. The Morgan fingerprint density at radius 2 is 1.92 bits per heavy atom. The summed E-state index contributed by atoms with van der Waals surface area (Å²) in [5, 5.41) is 18.8. The minimum Gasteiger partial charge on any atom is -0.480 e. The molecule has 0 aromatic carbocycles. The van der Waals surface area contributed by atoms with Gasteiger partial charge in [0.1, 0.15) is 12.1 Å². The molecule has 0 aromatic rings. The van der Waals surface area contributed by atoms with Crippen molar-refractivity contribution in [2.45, 2.75) is 44.3 Å². The zero-order chi connectivity index (χ0) is 19.0. The molecule has 3 atom stereocenters. The number of hydrogen-bond acceptors (Lipinski definition) is 6. The van der Waals surface area contributed by atoms with Gasteiger partial charge in [0.2, 0.25) is 23.6 Å². The zero-order valence-electron chi connectivity index (χ0n) is 13.8. The molecule has 1 fully saturated rings. The summed E-state index contributed by atoms with van der Waals surface area (Å²) in [5.41, 5.74) is 4.91. The van der Waals surface area contributed by atoms with Crippen LogP contribution >= 0.6 is 0 Å². The van der Waals surface area contributed by atoms with Crippen molar-refractivity contribution in [3.63, 3.8) is 0 Å². The van der Waals surface area contributed by atoms with E-state index in [0.29, 0.717) is 6.42 Å². The lowest BCUT2D eigenvalue weighted by Gasteiger charge is -2.18. The van der Waals surface area contributed by atoms with Crippen molar-refractivity contribution in [2.75, 3.05) is 13.1 Å². The Morgan fingerprint density at radius 1 is 1.24 bits per heavy atom. The molecule has 1 aliphatic heterocycles. The summed E-state index contributed by atoms with van der Waals surface area (Å²) in [7, 11) is 0. The quantitative estimate of drug-likeness (QED) is 0.251. The first-order chi connectivity index (χ1) is 11.7. The Kier molecular flexibility index (Phi) is 7.79. The Hall–Kier alpha value is -2.69. The van der Waals surface area contributed by atoms with E-state index in [4.69, 9.17) is 10.8 Å². The Labute approximate surface area is 144 Å². The van der Waals surface area contributed by atoms with Crippen LogP contribution in [0, 0.1) is 0 Å². The summed E-state index contributed by atoms with van der Waals surface area (Å²) in [6.07, 6.45) is 1.02. The lowest BCUT2D eigenvalue weighted by atomic mass is 10.2. The van der Waals surface area contributed by atoms with Gasteiger partial charge in [-0.1, -0.05) is 0 Å². The predicted octanol–water partition coefficient (Wildman–Crippen LogP) is -3.20. The van der Waals surface area contributed by atoms with Crippen LogP contribution < -0.4 is 27.0 Å². The Bertz CT molecular complexity index is 546. The van der Waals surface area contributed by atoms with E-state index in [0.717, 1.165) is 13.0 Å². The predicted molar refractivity (Wildman–Crippen MR) is 85.0 cm³/mol. The second kappa shape index (κ2) is 9.57. The fourth-order valence-electron chi connectivity index (χ4n) is 2.25. The molecular weight excluding hydrogens is 334 g/mol. The lowest BCUT2D eigenvalue weighted by molar-refractivity contribution is -0.143. The number of rotatable bonds is 9. The molecular formula is C14H23N5O6. The second-order valence-corrected chi connectivity index (χ2v) is 5.73. The molecule has 1 rings (SSSR count). The highest BCUT2D eigenvalue weighted by Gasteiger charge is 2.26. The normalized spacial score (nSPS) is 18.7. The molecule has 1 heterocycles. The van der Waals surface area contributed by atoms with Gasteiger partial charge >= 0.3 is 5.97 Å². The molecule has 0 saturated carbocycles. The van der Waals surface area contributed by atoms with E-state index in [1.54, 1.807) is 0 Å². The Morgan fingerprint density at radius 3 is 2.44 bits per heavy atom. The monoisotopic (exact) mass is 357 g/mol. The summed E-state index contributed by atoms with van der Waals surface area (Å²) < 4.78 is 0. The van der Waals surface area contributed by atoms with Gasteiger partial charge in [0.05, 0.1) is 19.0 Å². The maximum Gasteiger partial charge on any atom is 0.326 e. The van der Waals surface area contributed by atoms with Gasteiger partial charge in [-0.25, -0.2) is 4.79 Å². The smallest absolute Gasteiger partial charge is 0.326 e. The van der Waals surface area contributed by atoms with E-state index in [9.17, 15) is 24.0 Å². The number of carbonyl (C=O) groups is 5. The number of nitrogens with one attached hydrogen (secondary N) is 4. The zero-order valence-corrected chi connectivity index (χ0v) is 13.8. The summed E-state index contributed by atoms with van der Waals surface area (Å²) >= 11 is 0. The third-order valence-electron chi connectivity index (χ3n) is 3.59. The molecule has 4 amide bonds. The number of carboxylic acids is 1. The van der Waals surface area contributed by atoms with Gasteiger partial charge in [-0.15, -0.1) is 0 Å². The fourth-order valence-corrected chi connectivity index (χ4v) is 2.25. The molecule has 0 radical (unpaired) electrons. The van der Waals surface area contributed by atoms with E-state index in [-0.39, 0.29) is 18.5 Å². The largest absolute Gasteiger partial charge is 0.480 e. The van der Waals surface area contributed by atoms with Crippen molar-refractivity contribution in [2.24, 2.45) is 5.73 Å². The van der Waals surface area contributed by atoms with Crippen molar-refractivity contribution in [1.82, 2.24) is 21.3 Å². The number of nitrogens with two attached hydrogens (primary N) is 1. The number of carboxylic acid groups (broad SMARTS) is 1. The SMILES string of the molecule is CC(NC(=O)CNC(=O)C1CCCN1)C(=O)NC(CC(N)=O)C(=O)O. The maximum atomic E-state index is 11.9. The minimum atomic E-state index is -1.47. The van der Waals surface area contributed by atoms with E-state index in [1.165, 1.54) is 6.92 Å². The fraction of sp³-hybridized carbons (Fsp3) is 0.643. The van der Waals surface area contributed by atoms with Crippen molar-refractivity contribution in [1.29, 1.82) is 0 Å². The van der Waals surface area contributed by atoms with Gasteiger partial charge in [-0.3, -0.25) is 19.2 Å². The number of carbonyl (C=O) groups excluding carboxylic acids is 4. The summed E-state index contributed by atoms with van der Waals surface area (Å²) in [4.78, 5) is 57.1. The topological polar surface area (TPSA) is 180 Å². The van der Waals surface area contributed by atoms with E-state index >= 15 is 0 Å². The average molecular weight is 357 g/mol. The van der Waals surface area contributed by atoms with Crippen LogP contribution in [0.5, 0.6) is 0 Å². The number of primary amides is 1. The van der Waals surface area contributed by atoms with Gasteiger partial charge < -0.3 is 32.1 Å². The molecule has 0 aromatic heterocycles. The van der Waals surface area contributed by atoms with Crippen LogP contribution in [-0.4, -0.2) is 65.9 Å². The van der Waals surface area contributed by atoms with E-state index in [1.807, 2.05) is 0 Å². The number of hydrogen-bond donors (Lipinski definition) is 6.